The Labute approximate surface area is 204 Å². The van der Waals surface area contributed by atoms with Crippen LogP contribution in [-0.2, 0) is 4.74 Å². The van der Waals surface area contributed by atoms with Gasteiger partial charge in [0.25, 0.3) is 0 Å². The molecule has 1 aromatic carbocycles. The van der Waals surface area contributed by atoms with Crippen LogP contribution in [0.3, 0.4) is 0 Å². The van der Waals surface area contributed by atoms with Gasteiger partial charge < -0.3 is 9.64 Å². The molecule has 32 heavy (non-hydrogen) atoms. The number of nitrogens with zero attached hydrogens (tertiary/aromatic N) is 4. The van der Waals surface area contributed by atoms with Gasteiger partial charge in [0.15, 0.2) is 5.82 Å². The Morgan fingerprint density at radius 2 is 2.09 bits per heavy atom. The lowest BCUT2D eigenvalue weighted by Gasteiger charge is -2.47. The average molecular weight is 546 g/mol. The molecule has 1 aromatic heterocycles. The number of benzene rings is 1. The second kappa shape index (κ2) is 8.61. The molecule has 172 valence electrons. The fourth-order valence-corrected chi connectivity index (χ4v) is 5.54. The van der Waals surface area contributed by atoms with Gasteiger partial charge in [-0.3, -0.25) is 4.90 Å². The molecular weight excluding hydrogens is 522 g/mol. The third kappa shape index (κ3) is 4.17. The van der Waals surface area contributed by atoms with Crippen molar-refractivity contribution < 1.29 is 13.9 Å². The zero-order valence-electron chi connectivity index (χ0n) is 18.0. The lowest BCUT2D eigenvalue weighted by atomic mass is 9.99. The first-order valence-corrected chi connectivity index (χ1v) is 12.0. The summed E-state index contributed by atoms with van der Waals surface area (Å²) in [4.78, 5) is 25.5. The molecule has 2 aliphatic rings. The van der Waals surface area contributed by atoms with Gasteiger partial charge in [-0.05, 0) is 73.6 Å². The summed E-state index contributed by atoms with van der Waals surface area (Å²) in [6, 6.07) is 0.893. The molecule has 4 rings (SSSR count). The molecule has 2 saturated heterocycles. The molecule has 3 heterocycles. The molecule has 2 aromatic rings. The normalized spacial score (nSPS) is 23.0. The maximum Gasteiger partial charge on any atom is 0.410 e. The van der Waals surface area contributed by atoms with E-state index in [9.17, 15) is 9.18 Å². The summed E-state index contributed by atoms with van der Waals surface area (Å²) in [6.45, 7) is 9.98. The van der Waals surface area contributed by atoms with Crippen molar-refractivity contribution in [2.75, 3.05) is 11.4 Å². The molecule has 2 aliphatic heterocycles. The molecule has 10 heteroatoms. The molecule has 0 unspecified atom stereocenters. The zero-order chi connectivity index (χ0) is 23.4. The second-order valence-corrected chi connectivity index (χ2v) is 10.7. The van der Waals surface area contributed by atoms with Crippen LogP contribution in [0.4, 0.5) is 15.0 Å². The van der Waals surface area contributed by atoms with Crippen molar-refractivity contribution >= 4 is 61.9 Å². The highest BCUT2D eigenvalue weighted by molar-refractivity contribution is 9.10. The van der Waals surface area contributed by atoms with Crippen molar-refractivity contribution in [2.24, 2.45) is 0 Å². The molecule has 2 fully saturated rings. The van der Waals surface area contributed by atoms with E-state index in [0.717, 1.165) is 12.8 Å². The number of fused-ring (bicyclic) bond motifs is 3. The Hall–Kier alpha value is -1.64. The van der Waals surface area contributed by atoms with Gasteiger partial charge >= 0.3 is 6.09 Å². The van der Waals surface area contributed by atoms with Crippen molar-refractivity contribution in [2.45, 2.75) is 63.8 Å². The molecule has 6 nitrogen and oxygen atoms in total. The molecule has 0 saturated carbocycles. The number of rotatable bonds is 3. The summed E-state index contributed by atoms with van der Waals surface area (Å²) < 4.78 is 20.9. The van der Waals surface area contributed by atoms with Crippen LogP contribution in [0.15, 0.2) is 23.2 Å². The van der Waals surface area contributed by atoms with Crippen LogP contribution in [0.2, 0.25) is 10.3 Å². The summed E-state index contributed by atoms with van der Waals surface area (Å²) in [5.74, 6) is -0.0877. The Morgan fingerprint density at radius 1 is 1.38 bits per heavy atom. The predicted molar refractivity (Wildman–Crippen MR) is 128 cm³/mol. The fourth-order valence-electron chi connectivity index (χ4n) is 4.70. The first-order valence-electron chi connectivity index (χ1n) is 10.4. The number of hydrogen-bond acceptors (Lipinski definition) is 5. The fraction of sp³-hybridized carbons (Fsp3) is 0.500. The third-order valence-electron chi connectivity index (χ3n) is 5.85. The largest absolute Gasteiger partial charge is 0.444 e. The predicted octanol–water partition coefficient (Wildman–Crippen LogP) is 6.37. The van der Waals surface area contributed by atoms with Gasteiger partial charge in [0.2, 0.25) is 5.28 Å². The van der Waals surface area contributed by atoms with E-state index in [1.54, 1.807) is 0 Å². The van der Waals surface area contributed by atoms with Crippen LogP contribution in [0.5, 0.6) is 0 Å². The molecular formula is C22H24BrCl2FN4O2. The van der Waals surface area contributed by atoms with Gasteiger partial charge in [-0.1, -0.05) is 17.7 Å². The van der Waals surface area contributed by atoms with E-state index >= 15 is 0 Å². The van der Waals surface area contributed by atoms with E-state index in [2.05, 4.69) is 37.4 Å². The van der Waals surface area contributed by atoms with Crippen LogP contribution in [0.1, 0.15) is 40.0 Å². The SMILES string of the molecule is C=CC[C@@H]1[C@@H]2CC[C@H](CN1c1nc(Cl)nc3c(F)cc(Cl)c(Br)c13)N2C(=O)OC(C)(C)C. The van der Waals surface area contributed by atoms with E-state index < -0.39 is 11.4 Å². The van der Waals surface area contributed by atoms with Crippen molar-refractivity contribution in [1.82, 2.24) is 14.9 Å². The molecule has 0 aliphatic carbocycles. The maximum absolute atomic E-state index is 14.7. The van der Waals surface area contributed by atoms with Crippen LogP contribution in [0.25, 0.3) is 10.9 Å². The van der Waals surface area contributed by atoms with Gasteiger partial charge in [0.05, 0.1) is 28.5 Å². The highest BCUT2D eigenvalue weighted by atomic mass is 79.9. The first kappa shape index (κ1) is 23.5. The Kier molecular flexibility index (Phi) is 6.33. The van der Waals surface area contributed by atoms with Crippen LogP contribution >= 0.6 is 39.1 Å². The van der Waals surface area contributed by atoms with Crippen molar-refractivity contribution in [3.05, 3.63) is 39.3 Å². The summed E-state index contributed by atoms with van der Waals surface area (Å²) in [6.07, 6.45) is 3.75. The minimum absolute atomic E-state index is 0.0557. The van der Waals surface area contributed by atoms with E-state index in [0.29, 0.717) is 28.6 Å². The molecule has 1 amide bonds. The molecule has 2 bridgehead atoms. The monoisotopic (exact) mass is 544 g/mol. The number of halogens is 4. The van der Waals surface area contributed by atoms with Crippen molar-refractivity contribution in [3.8, 4) is 0 Å². The number of carbonyl (C=O) groups excluding carboxylic acids is 1. The Morgan fingerprint density at radius 3 is 2.75 bits per heavy atom. The number of anilines is 1. The van der Waals surface area contributed by atoms with E-state index in [1.807, 2.05) is 31.7 Å². The quantitative estimate of drug-likeness (QED) is 0.255. The number of ether oxygens (including phenoxy) is 1. The number of piperazine rings is 1. The summed E-state index contributed by atoms with van der Waals surface area (Å²) in [5.41, 5.74) is -0.493. The minimum Gasteiger partial charge on any atom is -0.444 e. The van der Waals surface area contributed by atoms with Crippen LogP contribution in [0, 0.1) is 5.82 Å². The Balaban J connectivity index is 1.82. The van der Waals surface area contributed by atoms with Crippen molar-refractivity contribution in [1.29, 1.82) is 0 Å². The van der Waals surface area contributed by atoms with Gasteiger partial charge in [0, 0.05) is 11.0 Å². The highest BCUT2D eigenvalue weighted by Gasteiger charge is 2.50. The number of carbonyl (C=O) groups is 1. The highest BCUT2D eigenvalue weighted by Crippen LogP contribution is 2.43. The first-order chi connectivity index (χ1) is 15.0. The van der Waals surface area contributed by atoms with Crippen molar-refractivity contribution in [3.63, 3.8) is 0 Å². The van der Waals surface area contributed by atoms with Crippen LogP contribution < -0.4 is 4.90 Å². The van der Waals surface area contributed by atoms with Gasteiger partial charge in [0.1, 0.15) is 16.9 Å². The third-order valence-corrected chi connectivity index (χ3v) is 7.37. The number of hydrogen-bond donors (Lipinski definition) is 0. The lowest BCUT2D eigenvalue weighted by Crippen LogP contribution is -2.62. The summed E-state index contributed by atoms with van der Waals surface area (Å²) in [5, 5.41) is 0.622. The number of amides is 1. The molecule has 0 N–H and O–H groups in total. The molecule has 3 atom stereocenters. The maximum atomic E-state index is 14.7. The zero-order valence-corrected chi connectivity index (χ0v) is 21.1. The van der Waals surface area contributed by atoms with E-state index in [-0.39, 0.29) is 40.0 Å². The van der Waals surface area contributed by atoms with E-state index in [4.69, 9.17) is 27.9 Å². The van der Waals surface area contributed by atoms with Gasteiger partial charge in [-0.25, -0.2) is 14.2 Å². The smallest absolute Gasteiger partial charge is 0.410 e. The van der Waals surface area contributed by atoms with E-state index in [1.165, 1.54) is 6.07 Å². The summed E-state index contributed by atoms with van der Waals surface area (Å²) in [7, 11) is 0. The topological polar surface area (TPSA) is 58.6 Å². The lowest BCUT2D eigenvalue weighted by molar-refractivity contribution is 0.00767. The van der Waals surface area contributed by atoms with Gasteiger partial charge in [-0.15, -0.1) is 6.58 Å². The molecule has 0 radical (unpaired) electrons. The summed E-state index contributed by atoms with van der Waals surface area (Å²) >= 11 is 15.9. The second-order valence-electron chi connectivity index (χ2n) is 9.12. The number of aromatic nitrogens is 2. The average Bonchev–Trinajstić information content (AvgIpc) is 3.02. The Bertz CT molecular complexity index is 1090. The van der Waals surface area contributed by atoms with Gasteiger partial charge in [-0.2, -0.15) is 4.98 Å². The minimum atomic E-state index is -0.586. The standard InChI is InChI=1S/C22H24BrCl2FN4O2/c1-5-6-14-15-8-7-11(30(15)21(31)32-22(2,3)4)10-29(14)19-16-17(23)12(24)9-13(26)18(16)27-20(25)28-19/h5,9,11,14-15H,1,6-8,10H2,2-4H3/t11-,14-,15+/m1/s1. The molecule has 0 spiro atoms. The van der Waals surface area contributed by atoms with Crippen LogP contribution in [-0.4, -0.2) is 51.2 Å².